The predicted octanol–water partition coefficient (Wildman–Crippen LogP) is 5.43. The van der Waals surface area contributed by atoms with Crippen molar-refractivity contribution in [3.8, 4) is 0 Å². The minimum Gasteiger partial charge on any atom is -0.345 e. The number of aromatic nitrogens is 3. The minimum absolute atomic E-state index is 0.152. The van der Waals surface area contributed by atoms with E-state index >= 15 is 0 Å². The Labute approximate surface area is 214 Å². The molecule has 2 N–H and O–H groups in total. The Kier molecular flexibility index (Phi) is 9.37. The fourth-order valence-corrected chi connectivity index (χ4v) is 4.22. The fraction of sp³-hybridized carbons (Fsp3) is 0.182. The van der Waals surface area contributed by atoms with E-state index in [-0.39, 0.29) is 24.1 Å². The minimum atomic E-state index is -0.276. The first-order chi connectivity index (χ1) is 15.9. The van der Waals surface area contributed by atoms with Gasteiger partial charge in [-0.15, -0.1) is 10.2 Å². The number of hydrogen-bond acceptors (Lipinski definition) is 5. The standard InChI is InChI=1S/C22H20BrCl2N5O2S/c1-2-30-19(12-26-20(31)10-7-14-5-3-4-6-17(14)24)28-29-22(30)33-13-21(32)27-15-8-9-16(23)18(25)11-15/h3-11H,2,12-13H2,1H3,(H,26,31)(H,27,32)/b10-7+. The molecule has 172 valence electrons. The molecule has 2 amide bonds. The lowest BCUT2D eigenvalue weighted by Crippen LogP contribution is -2.22. The molecule has 1 aromatic heterocycles. The van der Waals surface area contributed by atoms with Crippen LogP contribution in [0.25, 0.3) is 6.08 Å². The SMILES string of the molecule is CCn1c(CNC(=O)/C=C/c2ccccc2Cl)nnc1SCC(=O)Nc1ccc(Br)c(Cl)c1. The summed E-state index contributed by atoms with van der Waals surface area (Å²) in [6, 6.07) is 12.5. The second kappa shape index (κ2) is 12.2. The largest absolute Gasteiger partial charge is 0.345 e. The molecule has 2 aromatic carbocycles. The van der Waals surface area contributed by atoms with Crippen molar-refractivity contribution >= 4 is 74.5 Å². The summed E-state index contributed by atoms with van der Waals surface area (Å²) in [5, 5.41) is 15.6. The Morgan fingerprint density at radius 1 is 1.15 bits per heavy atom. The van der Waals surface area contributed by atoms with Gasteiger partial charge in [-0.1, -0.05) is 53.2 Å². The maximum Gasteiger partial charge on any atom is 0.244 e. The zero-order chi connectivity index (χ0) is 23.8. The van der Waals surface area contributed by atoms with Crippen molar-refractivity contribution in [2.75, 3.05) is 11.1 Å². The molecule has 0 aliphatic heterocycles. The predicted molar refractivity (Wildman–Crippen MR) is 137 cm³/mol. The first-order valence-electron chi connectivity index (χ1n) is 9.87. The Hall–Kier alpha value is -2.33. The molecule has 0 saturated carbocycles. The summed E-state index contributed by atoms with van der Waals surface area (Å²) in [5.74, 6) is 0.282. The molecule has 0 bridgehead atoms. The normalized spacial score (nSPS) is 11.0. The van der Waals surface area contributed by atoms with E-state index in [1.54, 1.807) is 30.3 Å². The van der Waals surface area contributed by atoms with Crippen LogP contribution in [0, 0.1) is 0 Å². The molecule has 7 nitrogen and oxygen atoms in total. The molecule has 3 rings (SSSR count). The summed E-state index contributed by atoms with van der Waals surface area (Å²) < 4.78 is 2.61. The number of nitrogens with zero attached hydrogens (tertiary/aromatic N) is 3. The first kappa shape index (κ1) is 25.3. The van der Waals surface area contributed by atoms with Crippen LogP contribution in [0.5, 0.6) is 0 Å². The van der Waals surface area contributed by atoms with E-state index in [0.29, 0.717) is 33.3 Å². The summed E-state index contributed by atoms with van der Waals surface area (Å²) in [7, 11) is 0. The summed E-state index contributed by atoms with van der Waals surface area (Å²) >= 11 is 16.7. The van der Waals surface area contributed by atoms with Crippen LogP contribution in [0.1, 0.15) is 18.3 Å². The highest BCUT2D eigenvalue weighted by molar-refractivity contribution is 9.10. The molecule has 0 unspecified atom stereocenters. The van der Waals surface area contributed by atoms with Gasteiger partial charge in [0.15, 0.2) is 11.0 Å². The average Bonchev–Trinajstić information content (AvgIpc) is 3.20. The number of anilines is 1. The van der Waals surface area contributed by atoms with E-state index in [4.69, 9.17) is 23.2 Å². The van der Waals surface area contributed by atoms with Gasteiger partial charge in [0.2, 0.25) is 11.8 Å². The summed E-state index contributed by atoms with van der Waals surface area (Å²) in [4.78, 5) is 24.5. The van der Waals surface area contributed by atoms with E-state index < -0.39 is 0 Å². The number of nitrogens with one attached hydrogen (secondary N) is 2. The molecule has 0 atom stereocenters. The maximum absolute atomic E-state index is 12.3. The molecule has 0 aliphatic carbocycles. The Morgan fingerprint density at radius 3 is 2.67 bits per heavy atom. The van der Waals surface area contributed by atoms with E-state index in [0.717, 1.165) is 10.0 Å². The van der Waals surface area contributed by atoms with E-state index in [9.17, 15) is 9.59 Å². The third-order valence-electron chi connectivity index (χ3n) is 4.39. The Morgan fingerprint density at radius 2 is 1.94 bits per heavy atom. The summed E-state index contributed by atoms with van der Waals surface area (Å²) in [6.07, 6.45) is 3.07. The average molecular weight is 569 g/mol. The number of rotatable bonds is 9. The lowest BCUT2D eigenvalue weighted by molar-refractivity contribution is -0.116. The number of halogens is 3. The van der Waals surface area contributed by atoms with Gasteiger partial charge in [0, 0.05) is 27.8 Å². The molecular weight excluding hydrogens is 549 g/mol. The Balaban J connectivity index is 1.53. The van der Waals surface area contributed by atoms with Gasteiger partial charge >= 0.3 is 0 Å². The fourth-order valence-electron chi connectivity index (χ4n) is 2.78. The van der Waals surface area contributed by atoms with E-state index in [1.807, 2.05) is 29.7 Å². The lowest BCUT2D eigenvalue weighted by atomic mass is 10.2. The molecule has 0 saturated heterocycles. The highest BCUT2D eigenvalue weighted by Crippen LogP contribution is 2.26. The van der Waals surface area contributed by atoms with Crippen molar-refractivity contribution < 1.29 is 9.59 Å². The van der Waals surface area contributed by atoms with Crippen LogP contribution in [0.4, 0.5) is 5.69 Å². The number of thioether (sulfide) groups is 1. The molecule has 11 heteroatoms. The van der Waals surface area contributed by atoms with Crippen molar-refractivity contribution in [3.63, 3.8) is 0 Å². The highest BCUT2D eigenvalue weighted by atomic mass is 79.9. The quantitative estimate of drug-likeness (QED) is 0.265. The molecule has 0 radical (unpaired) electrons. The van der Waals surface area contributed by atoms with Crippen molar-refractivity contribution in [3.05, 3.63) is 74.4 Å². The number of hydrogen-bond donors (Lipinski definition) is 2. The second-order valence-corrected chi connectivity index (χ2v) is 9.29. The van der Waals surface area contributed by atoms with Crippen molar-refractivity contribution in [2.24, 2.45) is 0 Å². The lowest BCUT2D eigenvalue weighted by Gasteiger charge is -2.08. The maximum atomic E-state index is 12.3. The zero-order valence-electron chi connectivity index (χ0n) is 17.5. The highest BCUT2D eigenvalue weighted by Gasteiger charge is 2.14. The van der Waals surface area contributed by atoms with Crippen LogP contribution in [-0.4, -0.2) is 32.3 Å². The molecule has 1 heterocycles. The topological polar surface area (TPSA) is 88.9 Å². The molecule has 0 spiro atoms. The van der Waals surface area contributed by atoms with Crippen LogP contribution in [-0.2, 0) is 22.7 Å². The van der Waals surface area contributed by atoms with E-state index in [2.05, 4.69) is 36.8 Å². The van der Waals surface area contributed by atoms with Crippen LogP contribution >= 0.6 is 50.9 Å². The molecule has 0 aliphatic rings. The third kappa shape index (κ3) is 7.33. The smallest absolute Gasteiger partial charge is 0.244 e. The van der Waals surface area contributed by atoms with Gasteiger partial charge < -0.3 is 15.2 Å². The Bertz CT molecular complexity index is 1190. The summed E-state index contributed by atoms with van der Waals surface area (Å²) in [6.45, 7) is 2.75. The van der Waals surface area contributed by atoms with Crippen molar-refractivity contribution in [2.45, 2.75) is 25.2 Å². The van der Waals surface area contributed by atoms with Crippen molar-refractivity contribution in [1.29, 1.82) is 0 Å². The van der Waals surface area contributed by atoms with Crippen LogP contribution < -0.4 is 10.6 Å². The van der Waals surface area contributed by atoms with Crippen LogP contribution in [0.2, 0.25) is 10.0 Å². The monoisotopic (exact) mass is 567 g/mol. The molecular formula is C22H20BrCl2N5O2S. The first-order valence-corrected chi connectivity index (χ1v) is 12.4. The number of carbonyl (C=O) groups excluding carboxylic acids is 2. The summed E-state index contributed by atoms with van der Waals surface area (Å²) in [5.41, 5.74) is 1.37. The second-order valence-electron chi connectivity index (χ2n) is 6.68. The molecule has 33 heavy (non-hydrogen) atoms. The van der Waals surface area contributed by atoms with Gasteiger partial charge in [-0.3, -0.25) is 9.59 Å². The van der Waals surface area contributed by atoms with Crippen LogP contribution in [0.3, 0.4) is 0 Å². The van der Waals surface area contributed by atoms with Gasteiger partial charge in [-0.2, -0.15) is 0 Å². The number of benzene rings is 2. The van der Waals surface area contributed by atoms with Gasteiger partial charge in [0.1, 0.15) is 0 Å². The van der Waals surface area contributed by atoms with Gasteiger partial charge in [-0.05, 0) is 58.8 Å². The van der Waals surface area contributed by atoms with Gasteiger partial charge in [0.25, 0.3) is 0 Å². The van der Waals surface area contributed by atoms with Crippen LogP contribution in [0.15, 0.2) is 58.2 Å². The molecule has 3 aromatic rings. The van der Waals surface area contributed by atoms with Gasteiger partial charge in [0.05, 0.1) is 17.3 Å². The van der Waals surface area contributed by atoms with E-state index in [1.165, 1.54) is 17.8 Å². The number of amides is 2. The van der Waals surface area contributed by atoms with Gasteiger partial charge in [-0.25, -0.2) is 0 Å². The number of carbonyl (C=O) groups is 2. The van der Waals surface area contributed by atoms with Crippen molar-refractivity contribution in [1.82, 2.24) is 20.1 Å². The molecule has 0 fully saturated rings. The third-order valence-corrected chi connectivity index (χ3v) is 6.93. The zero-order valence-corrected chi connectivity index (χ0v) is 21.4.